The molecule has 2 aromatic rings. The van der Waals surface area contributed by atoms with Crippen molar-refractivity contribution in [2.75, 3.05) is 6.54 Å². The first-order chi connectivity index (χ1) is 10.0. The van der Waals surface area contributed by atoms with Gasteiger partial charge < -0.3 is 5.32 Å². The number of halogens is 2. The van der Waals surface area contributed by atoms with E-state index in [1.165, 1.54) is 9.13 Å². The van der Waals surface area contributed by atoms with E-state index in [0.29, 0.717) is 0 Å². The van der Waals surface area contributed by atoms with Crippen molar-refractivity contribution >= 4 is 34.2 Å². The molecule has 1 N–H and O–H groups in total. The van der Waals surface area contributed by atoms with Gasteiger partial charge >= 0.3 is 0 Å². The quantitative estimate of drug-likeness (QED) is 0.711. The third-order valence-corrected chi connectivity index (χ3v) is 4.71. The van der Waals surface area contributed by atoms with Crippen molar-refractivity contribution in [1.29, 1.82) is 0 Å². The van der Waals surface area contributed by atoms with Gasteiger partial charge in [-0.05, 0) is 66.6 Å². The largest absolute Gasteiger partial charge is 0.310 e. The third kappa shape index (κ3) is 4.20. The van der Waals surface area contributed by atoms with Gasteiger partial charge in [0.15, 0.2) is 0 Å². The van der Waals surface area contributed by atoms with E-state index < -0.39 is 0 Å². The number of nitrogens with one attached hydrogen (secondary N) is 1. The van der Waals surface area contributed by atoms with Crippen LogP contribution in [-0.2, 0) is 13.5 Å². The number of hydrogen-bond acceptors (Lipinski definition) is 2. The minimum Gasteiger partial charge on any atom is -0.310 e. The fourth-order valence-electron chi connectivity index (χ4n) is 2.46. The van der Waals surface area contributed by atoms with Gasteiger partial charge in [0.25, 0.3) is 0 Å². The van der Waals surface area contributed by atoms with Gasteiger partial charge in [0.05, 0.1) is 5.69 Å². The number of nitrogens with zero attached hydrogens (tertiary/aromatic N) is 2. The number of benzene rings is 1. The molecule has 0 saturated carbocycles. The maximum Gasteiger partial charge on any atom is 0.130 e. The predicted molar refractivity (Wildman–Crippen MR) is 96.9 cm³/mol. The molecule has 21 heavy (non-hydrogen) atoms. The Bertz CT molecular complexity index is 610. The van der Waals surface area contributed by atoms with Crippen LogP contribution in [0.5, 0.6) is 0 Å². The first-order valence-corrected chi connectivity index (χ1v) is 8.65. The molecule has 3 nitrogen and oxygen atoms in total. The van der Waals surface area contributed by atoms with Gasteiger partial charge in [-0.15, -0.1) is 0 Å². The SMILES string of the molecule is CCCNC(Cc1c(C)nn(C)c1Cl)c1cccc(I)c1. The minimum atomic E-state index is 0.264. The molecule has 0 amide bonds. The Kier molecular flexibility index (Phi) is 6.08. The summed E-state index contributed by atoms with van der Waals surface area (Å²) < 4.78 is 3.00. The molecule has 0 saturated heterocycles. The van der Waals surface area contributed by atoms with Gasteiger partial charge in [-0.3, -0.25) is 4.68 Å². The molecule has 0 bridgehead atoms. The van der Waals surface area contributed by atoms with Gasteiger partial charge in [-0.2, -0.15) is 5.10 Å². The summed E-state index contributed by atoms with van der Waals surface area (Å²) in [6, 6.07) is 8.89. The summed E-state index contributed by atoms with van der Waals surface area (Å²) in [7, 11) is 1.89. The van der Waals surface area contributed by atoms with Gasteiger partial charge in [-0.1, -0.05) is 30.7 Å². The number of aromatic nitrogens is 2. The van der Waals surface area contributed by atoms with E-state index in [2.05, 4.69) is 64.2 Å². The Morgan fingerprint density at radius 1 is 1.43 bits per heavy atom. The molecule has 0 radical (unpaired) electrons. The van der Waals surface area contributed by atoms with Crippen LogP contribution in [0.3, 0.4) is 0 Å². The summed E-state index contributed by atoms with van der Waals surface area (Å²) in [5, 5.41) is 8.77. The smallest absolute Gasteiger partial charge is 0.130 e. The molecular formula is C16H21ClIN3. The lowest BCUT2D eigenvalue weighted by molar-refractivity contribution is 0.528. The zero-order valence-corrected chi connectivity index (χ0v) is 15.6. The number of aryl methyl sites for hydroxylation is 2. The normalized spacial score (nSPS) is 12.6. The standard InChI is InChI=1S/C16H21ClIN3/c1-4-8-19-15(12-6-5-7-13(18)9-12)10-14-11(2)20-21(3)16(14)17/h5-7,9,15,19H,4,8,10H2,1-3H3. The van der Waals surface area contributed by atoms with Crippen molar-refractivity contribution < 1.29 is 0 Å². The van der Waals surface area contributed by atoms with Gasteiger partial charge in [0.2, 0.25) is 0 Å². The van der Waals surface area contributed by atoms with E-state index in [0.717, 1.165) is 35.8 Å². The molecular weight excluding hydrogens is 397 g/mol. The Morgan fingerprint density at radius 2 is 2.19 bits per heavy atom. The van der Waals surface area contributed by atoms with Crippen LogP contribution in [0.2, 0.25) is 5.15 Å². The summed E-state index contributed by atoms with van der Waals surface area (Å²) in [5.41, 5.74) is 3.44. The average Bonchev–Trinajstić information content (AvgIpc) is 2.69. The van der Waals surface area contributed by atoms with Crippen LogP contribution in [0.4, 0.5) is 0 Å². The van der Waals surface area contributed by atoms with Crippen LogP contribution >= 0.6 is 34.2 Å². The number of hydrogen-bond donors (Lipinski definition) is 1. The Morgan fingerprint density at radius 3 is 2.76 bits per heavy atom. The van der Waals surface area contributed by atoms with Crippen LogP contribution < -0.4 is 5.32 Å². The maximum absolute atomic E-state index is 6.38. The zero-order valence-electron chi connectivity index (χ0n) is 12.7. The van der Waals surface area contributed by atoms with E-state index in [9.17, 15) is 0 Å². The van der Waals surface area contributed by atoms with Gasteiger partial charge in [0, 0.05) is 22.2 Å². The molecule has 0 spiro atoms. The van der Waals surface area contributed by atoms with Crippen molar-refractivity contribution in [2.45, 2.75) is 32.7 Å². The fraction of sp³-hybridized carbons (Fsp3) is 0.438. The fourth-order valence-corrected chi connectivity index (χ4v) is 3.28. The molecule has 0 aliphatic heterocycles. The first kappa shape index (κ1) is 16.8. The lowest BCUT2D eigenvalue weighted by Gasteiger charge is -2.19. The molecule has 1 aromatic heterocycles. The molecule has 2 rings (SSSR count). The van der Waals surface area contributed by atoms with E-state index in [-0.39, 0.29) is 6.04 Å². The number of rotatable bonds is 6. The third-order valence-electron chi connectivity index (χ3n) is 3.57. The lowest BCUT2D eigenvalue weighted by atomic mass is 9.99. The van der Waals surface area contributed by atoms with Crippen molar-refractivity contribution in [1.82, 2.24) is 15.1 Å². The average molecular weight is 418 g/mol. The molecule has 0 fully saturated rings. The second kappa shape index (κ2) is 7.61. The van der Waals surface area contributed by atoms with Crippen molar-refractivity contribution in [3.63, 3.8) is 0 Å². The van der Waals surface area contributed by atoms with E-state index >= 15 is 0 Å². The summed E-state index contributed by atoms with van der Waals surface area (Å²) >= 11 is 8.74. The van der Waals surface area contributed by atoms with Gasteiger partial charge in [0.1, 0.15) is 5.15 Å². The molecule has 0 aliphatic carbocycles. The maximum atomic E-state index is 6.38. The van der Waals surface area contributed by atoms with E-state index in [4.69, 9.17) is 11.6 Å². The molecule has 1 aromatic carbocycles. The van der Waals surface area contributed by atoms with Crippen molar-refractivity contribution in [2.24, 2.45) is 7.05 Å². The first-order valence-electron chi connectivity index (χ1n) is 7.19. The van der Waals surface area contributed by atoms with Crippen LogP contribution in [0.1, 0.15) is 36.2 Å². The zero-order chi connectivity index (χ0) is 15.4. The highest BCUT2D eigenvalue weighted by Crippen LogP contribution is 2.26. The highest BCUT2D eigenvalue weighted by atomic mass is 127. The second-order valence-electron chi connectivity index (χ2n) is 5.24. The summed E-state index contributed by atoms with van der Waals surface area (Å²) in [6.07, 6.45) is 1.97. The highest BCUT2D eigenvalue weighted by molar-refractivity contribution is 14.1. The molecule has 1 unspecified atom stereocenters. The van der Waals surface area contributed by atoms with Crippen LogP contribution in [0.15, 0.2) is 24.3 Å². The van der Waals surface area contributed by atoms with E-state index in [1.807, 2.05) is 14.0 Å². The monoisotopic (exact) mass is 417 g/mol. The van der Waals surface area contributed by atoms with Crippen LogP contribution in [0.25, 0.3) is 0 Å². The lowest BCUT2D eigenvalue weighted by Crippen LogP contribution is -2.24. The summed E-state index contributed by atoms with van der Waals surface area (Å²) in [5.74, 6) is 0. The second-order valence-corrected chi connectivity index (χ2v) is 6.85. The van der Waals surface area contributed by atoms with Crippen LogP contribution in [-0.4, -0.2) is 16.3 Å². The van der Waals surface area contributed by atoms with Gasteiger partial charge in [-0.25, -0.2) is 0 Å². The predicted octanol–water partition coefficient (Wildman–Crippen LogP) is 4.27. The molecule has 0 aliphatic rings. The summed E-state index contributed by atoms with van der Waals surface area (Å²) in [4.78, 5) is 0. The van der Waals surface area contributed by atoms with Crippen LogP contribution in [0, 0.1) is 10.5 Å². The molecule has 114 valence electrons. The Labute approximate surface area is 145 Å². The Hall–Kier alpha value is -0.590. The topological polar surface area (TPSA) is 29.9 Å². The molecule has 1 heterocycles. The van der Waals surface area contributed by atoms with Crippen molar-refractivity contribution in [3.8, 4) is 0 Å². The molecule has 5 heteroatoms. The molecule has 1 atom stereocenters. The highest BCUT2D eigenvalue weighted by Gasteiger charge is 2.18. The minimum absolute atomic E-state index is 0.264. The summed E-state index contributed by atoms with van der Waals surface area (Å²) in [6.45, 7) is 5.20. The van der Waals surface area contributed by atoms with E-state index in [1.54, 1.807) is 4.68 Å². The van der Waals surface area contributed by atoms with Crippen molar-refractivity contribution in [3.05, 3.63) is 49.8 Å². The Balaban J connectivity index is 2.28.